The summed E-state index contributed by atoms with van der Waals surface area (Å²) in [6.07, 6.45) is 1.74. The zero-order chi connectivity index (χ0) is 14.3. The van der Waals surface area contributed by atoms with Crippen molar-refractivity contribution in [3.63, 3.8) is 0 Å². The Hall–Kier alpha value is -1.55. The van der Waals surface area contributed by atoms with Crippen LogP contribution >= 0.6 is 0 Å². The highest BCUT2D eigenvalue weighted by Crippen LogP contribution is 2.26. The van der Waals surface area contributed by atoms with Gasteiger partial charge in [0.1, 0.15) is 5.75 Å². The average molecular weight is 264 g/mol. The first kappa shape index (κ1) is 15.5. The van der Waals surface area contributed by atoms with Crippen LogP contribution in [0.25, 0.3) is 0 Å². The van der Waals surface area contributed by atoms with Crippen LogP contribution in [0.3, 0.4) is 0 Å². The summed E-state index contributed by atoms with van der Waals surface area (Å²) in [5.74, 6) is 0.702. The van der Waals surface area contributed by atoms with Crippen LogP contribution in [0.2, 0.25) is 0 Å². The molecule has 4 nitrogen and oxygen atoms in total. The molecule has 0 saturated heterocycles. The molecule has 1 aromatic rings. The van der Waals surface area contributed by atoms with E-state index in [0.717, 1.165) is 18.5 Å². The maximum absolute atomic E-state index is 12.2. The lowest BCUT2D eigenvalue weighted by molar-refractivity contribution is -0.119. The molecule has 4 heteroatoms. The van der Waals surface area contributed by atoms with Crippen molar-refractivity contribution in [2.75, 3.05) is 26.0 Å². The molecule has 2 N–H and O–H groups in total. The number of nitrogens with one attached hydrogen (secondary N) is 2. The highest BCUT2D eigenvalue weighted by atomic mass is 16.5. The van der Waals surface area contributed by atoms with E-state index in [4.69, 9.17) is 4.74 Å². The fraction of sp³-hybridized carbons (Fsp3) is 0.533. The summed E-state index contributed by atoms with van der Waals surface area (Å²) in [6.45, 7) is 4.78. The number of methoxy groups -OCH3 is 1. The lowest BCUT2D eigenvalue weighted by atomic mass is 10.1. The van der Waals surface area contributed by atoms with Crippen molar-refractivity contribution in [2.45, 2.75) is 26.7 Å². The minimum absolute atomic E-state index is 0.0278. The van der Waals surface area contributed by atoms with Crippen molar-refractivity contribution in [1.29, 1.82) is 0 Å². The van der Waals surface area contributed by atoms with Gasteiger partial charge in [0.2, 0.25) is 5.91 Å². The van der Waals surface area contributed by atoms with Gasteiger partial charge in [0.25, 0.3) is 0 Å². The van der Waals surface area contributed by atoms with Gasteiger partial charge < -0.3 is 15.4 Å². The van der Waals surface area contributed by atoms with Crippen LogP contribution in [0.1, 0.15) is 25.8 Å². The number of aryl methyl sites for hydroxylation is 1. The van der Waals surface area contributed by atoms with E-state index in [0.29, 0.717) is 12.3 Å². The topological polar surface area (TPSA) is 50.4 Å². The normalized spacial score (nSPS) is 12.0. The Kier molecular flexibility index (Phi) is 6.36. The van der Waals surface area contributed by atoms with Gasteiger partial charge in [0, 0.05) is 6.54 Å². The van der Waals surface area contributed by atoms with E-state index in [1.165, 1.54) is 5.56 Å². The molecule has 0 aliphatic heterocycles. The molecule has 1 atom stereocenters. The quantitative estimate of drug-likeness (QED) is 0.795. The predicted molar refractivity (Wildman–Crippen MR) is 78.7 cm³/mol. The second-order valence-corrected chi connectivity index (χ2v) is 4.54. The molecule has 1 aromatic carbocycles. The van der Waals surface area contributed by atoms with Gasteiger partial charge in [-0.1, -0.05) is 19.9 Å². The van der Waals surface area contributed by atoms with E-state index in [1.807, 2.05) is 32.2 Å². The zero-order valence-corrected chi connectivity index (χ0v) is 12.2. The number of benzene rings is 1. The van der Waals surface area contributed by atoms with Crippen molar-refractivity contribution >= 4 is 11.6 Å². The fourth-order valence-corrected chi connectivity index (χ4v) is 1.98. The van der Waals surface area contributed by atoms with Crippen LogP contribution in [0, 0.1) is 5.92 Å². The Balaban J connectivity index is 2.87. The molecular formula is C15H24N2O2. The average Bonchev–Trinajstić information content (AvgIpc) is 2.44. The Morgan fingerprint density at radius 1 is 1.37 bits per heavy atom. The van der Waals surface area contributed by atoms with Gasteiger partial charge in [0.05, 0.1) is 18.7 Å². The van der Waals surface area contributed by atoms with Crippen molar-refractivity contribution in [3.8, 4) is 5.75 Å². The molecule has 0 aliphatic carbocycles. The van der Waals surface area contributed by atoms with Crippen molar-refractivity contribution in [1.82, 2.24) is 5.32 Å². The first-order chi connectivity index (χ1) is 9.15. The molecule has 0 aromatic heterocycles. The summed E-state index contributed by atoms with van der Waals surface area (Å²) < 4.78 is 5.29. The third-order valence-corrected chi connectivity index (χ3v) is 3.24. The van der Waals surface area contributed by atoms with Crippen LogP contribution in [-0.2, 0) is 11.2 Å². The van der Waals surface area contributed by atoms with E-state index in [2.05, 4.69) is 17.6 Å². The SMILES string of the molecule is CCc1ccc(OC)c(NC(=O)C(CC)CNC)c1. The molecule has 0 heterocycles. The van der Waals surface area contributed by atoms with Crippen LogP contribution in [0.15, 0.2) is 18.2 Å². The summed E-state index contributed by atoms with van der Waals surface area (Å²) >= 11 is 0. The van der Waals surface area contributed by atoms with Crippen molar-refractivity contribution in [3.05, 3.63) is 23.8 Å². The lowest BCUT2D eigenvalue weighted by Gasteiger charge is -2.16. The van der Waals surface area contributed by atoms with E-state index >= 15 is 0 Å². The zero-order valence-electron chi connectivity index (χ0n) is 12.2. The molecule has 19 heavy (non-hydrogen) atoms. The maximum atomic E-state index is 12.2. The van der Waals surface area contributed by atoms with Crippen molar-refractivity contribution < 1.29 is 9.53 Å². The molecule has 1 unspecified atom stereocenters. The molecule has 0 radical (unpaired) electrons. The number of amides is 1. The Morgan fingerprint density at radius 2 is 2.11 bits per heavy atom. The highest BCUT2D eigenvalue weighted by Gasteiger charge is 2.17. The summed E-state index contributed by atoms with van der Waals surface area (Å²) in [7, 11) is 3.47. The minimum atomic E-state index is -0.0278. The number of hydrogen-bond acceptors (Lipinski definition) is 3. The molecule has 0 saturated carbocycles. The number of carbonyl (C=O) groups is 1. The number of carbonyl (C=O) groups excluding carboxylic acids is 1. The summed E-state index contributed by atoms with van der Waals surface area (Å²) in [4.78, 5) is 12.2. The molecular weight excluding hydrogens is 240 g/mol. The molecule has 0 bridgehead atoms. The number of anilines is 1. The highest BCUT2D eigenvalue weighted by molar-refractivity contribution is 5.94. The van der Waals surface area contributed by atoms with Gasteiger partial charge in [-0.15, -0.1) is 0 Å². The summed E-state index contributed by atoms with van der Waals surface area (Å²) in [5, 5.41) is 6.01. The number of ether oxygens (including phenoxy) is 1. The van der Waals surface area contributed by atoms with Crippen LogP contribution in [0.5, 0.6) is 5.75 Å². The van der Waals surface area contributed by atoms with Gasteiger partial charge in [-0.2, -0.15) is 0 Å². The predicted octanol–water partition coefficient (Wildman–Crippen LogP) is 2.44. The molecule has 0 aliphatic rings. The third kappa shape index (κ3) is 4.24. The molecule has 0 spiro atoms. The van der Waals surface area contributed by atoms with Gasteiger partial charge in [0.15, 0.2) is 0 Å². The first-order valence-electron chi connectivity index (χ1n) is 6.78. The van der Waals surface area contributed by atoms with Crippen LogP contribution in [0.4, 0.5) is 5.69 Å². The monoisotopic (exact) mass is 264 g/mol. The molecule has 106 valence electrons. The molecule has 1 amide bonds. The van der Waals surface area contributed by atoms with E-state index < -0.39 is 0 Å². The van der Waals surface area contributed by atoms with E-state index in [9.17, 15) is 4.79 Å². The van der Waals surface area contributed by atoms with Crippen LogP contribution < -0.4 is 15.4 Å². The molecule has 0 fully saturated rings. The summed E-state index contributed by atoms with van der Waals surface area (Å²) in [6, 6.07) is 5.88. The van der Waals surface area contributed by atoms with Gasteiger partial charge in [-0.05, 0) is 37.6 Å². The lowest BCUT2D eigenvalue weighted by Crippen LogP contribution is -2.30. The van der Waals surface area contributed by atoms with Gasteiger partial charge >= 0.3 is 0 Å². The van der Waals surface area contributed by atoms with E-state index in [1.54, 1.807) is 7.11 Å². The van der Waals surface area contributed by atoms with Crippen molar-refractivity contribution in [2.24, 2.45) is 5.92 Å². The minimum Gasteiger partial charge on any atom is -0.495 e. The van der Waals surface area contributed by atoms with Gasteiger partial charge in [-0.3, -0.25) is 4.79 Å². The second kappa shape index (κ2) is 7.79. The fourth-order valence-electron chi connectivity index (χ4n) is 1.98. The van der Waals surface area contributed by atoms with Gasteiger partial charge in [-0.25, -0.2) is 0 Å². The number of hydrogen-bond donors (Lipinski definition) is 2. The molecule has 1 rings (SSSR count). The Bertz CT molecular complexity index is 419. The second-order valence-electron chi connectivity index (χ2n) is 4.54. The largest absolute Gasteiger partial charge is 0.495 e. The standard InChI is InChI=1S/C15H24N2O2/c1-5-11-7-8-14(19-4)13(9-11)17-15(18)12(6-2)10-16-3/h7-9,12,16H,5-6,10H2,1-4H3,(H,17,18). The Morgan fingerprint density at radius 3 is 2.63 bits per heavy atom. The summed E-state index contributed by atoms with van der Waals surface area (Å²) in [5.41, 5.74) is 1.93. The number of rotatable bonds is 7. The third-order valence-electron chi connectivity index (χ3n) is 3.24. The smallest absolute Gasteiger partial charge is 0.228 e. The van der Waals surface area contributed by atoms with E-state index in [-0.39, 0.29) is 11.8 Å². The van der Waals surface area contributed by atoms with Crippen LogP contribution in [-0.4, -0.2) is 26.6 Å². The maximum Gasteiger partial charge on any atom is 0.228 e. The first-order valence-corrected chi connectivity index (χ1v) is 6.78. The Labute approximate surface area is 115 Å².